The summed E-state index contributed by atoms with van der Waals surface area (Å²) in [6, 6.07) is 8.07. The topological polar surface area (TPSA) is 83.8 Å². The number of hydrogen-bond donors (Lipinski definition) is 1. The van der Waals surface area contributed by atoms with Gasteiger partial charge in [-0.1, -0.05) is 34.1 Å². The molecule has 0 bridgehead atoms. The highest BCUT2D eigenvalue weighted by molar-refractivity contribution is 9.10. The summed E-state index contributed by atoms with van der Waals surface area (Å²) < 4.78 is 2.15. The third-order valence-corrected chi connectivity index (χ3v) is 5.81. The van der Waals surface area contributed by atoms with Gasteiger partial charge in [0.15, 0.2) is 4.96 Å². The molecule has 0 saturated carbocycles. The Morgan fingerprint density at radius 1 is 1.27 bits per heavy atom. The van der Waals surface area contributed by atoms with Gasteiger partial charge in [-0.3, -0.25) is 18.9 Å². The molecule has 1 aliphatic heterocycles. The minimum atomic E-state index is -1.18. The minimum absolute atomic E-state index is 0.0612. The Morgan fingerprint density at radius 3 is 2.81 bits per heavy atom. The smallest absolute Gasteiger partial charge is 0.319 e. The van der Waals surface area contributed by atoms with Crippen molar-refractivity contribution in [3.8, 4) is 0 Å². The molecule has 3 heterocycles. The molecule has 7 nitrogen and oxygen atoms in total. The number of nitrogens with one attached hydrogen (secondary N) is 1. The van der Waals surface area contributed by atoms with Gasteiger partial charge in [0.1, 0.15) is 5.54 Å². The van der Waals surface area contributed by atoms with E-state index in [2.05, 4.69) is 26.2 Å². The van der Waals surface area contributed by atoms with Gasteiger partial charge in [0.25, 0.3) is 11.5 Å². The summed E-state index contributed by atoms with van der Waals surface area (Å²) in [5.74, 6) is -0.387. The average molecular weight is 433 g/mol. The summed E-state index contributed by atoms with van der Waals surface area (Å²) in [5.41, 5.74) is -0.383. The van der Waals surface area contributed by atoms with Crippen LogP contribution in [0.25, 0.3) is 4.96 Å². The largest absolute Gasteiger partial charge is 0.325 e. The second kappa shape index (κ2) is 6.03. The monoisotopic (exact) mass is 432 g/mol. The predicted octanol–water partition coefficient (Wildman–Crippen LogP) is 2.49. The number of carbonyl (C=O) groups is 2. The van der Waals surface area contributed by atoms with Crippen LogP contribution in [0.2, 0.25) is 0 Å². The van der Waals surface area contributed by atoms with Crippen LogP contribution in [0.5, 0.6) is 0 Å². The van der Waals surface area contributed by atoms with Crippen molar-refractivity contribution in [2.45, 2.75) is 19.0 Å². The number of imide groups is 1. The Hall–Kier alpha value is -2.52. The number of nitrogens with zero attached hydrogens (tertiary/aromatic N) is 3. The number of amides is 3. The first kappa shape index (κ1) is 16.9. The first-order valence-corrected chi connectivity index (χ1v) is 9.42. The number of benzene rings is 1. The Balaban J connectivity index is 1.69. The van der Waals surface area contributed by atoms with Crippen LogP contribution in [0.15, 0.2) is 51.2 Å². The molecule has 1 N–H and O–H groups in total. The number of thiazole rings is 1. The maximum Gasteiger partial charge on any atom is 0.325 e. The van der Waals surface area contributed by atoms with E-state index in [0.717, 1.165) is 9.37 Å². The number of halogens is 1. The third-order valence-electron chi connectivity index (χ3n) is 4.36. The van der Waals surface area contributed by atoms with E-state index < -0.39 is 11.6 Å². The van der Waals surface area contributed by atoms with Crippen LogP contribution in [0.3, 0.4) is 0 Å². The van der Waals surface area contributed by atoms with Crippen LogP contribution in [0.4, 0.5) is 4.79 Å². The zero-order valence-electron chi connectivity index (χ0n) is 13.6. The first-order valence-electron chi connectivity index (χ1n) is 7.75. The molecular weight excluding hydrogens is 420 g/mol. The van der Waals surface area contributed by atoms with E-state index in [1.165, 1.54) is 21.8 Å². The molecule has 3 amide bonds. The first-order chi connectivity index (χ1) is 12.4. The molecule has 3 aromatic rings. The van der Waals surface area contributed by atoms with Gasteiger partial charge in [0.2, 0.25) is 0 Å². The number of urea groups is 1. The van der Waals surface area contributed by atoms with E-state index in [9.17, 15) is 14.4 Å². The van der Waals surface area contributed by atoms with E-state index in [1.807, 2.05) is 12.1 Å². The molecule has 26 heavy (non-hydrogen) atoms. The van der Waals surface area contributed by atoms with Crippen molar-refractivity contribution in [1.82, 2.24) is 19.6 Å². The minimum Gasteiger partial charge on any atom is -0.319 e. The highest BCUT2D eigenvalue weighted by Crippen LogP contribution is 2.34. The van der Waals surface area contributed by atoms with Crippen LogP contribution >= 0.6 is 27.3 Å². The summed E-state index contributed by atoms with van der Waals surface area (Å²) in [6.45, 7) is 1.60. The number of carbonyl (C=O) groups excluding carboxylic acids is 2. The molecule has 2 aromatic heterocycles. The van der Waals surface area contributed by atoms with Crippen molar-refractivity contribution in [1.29, 1.82) is 0 Å². The Morgan fingerprint density at radius 2 is 2.04 bits per heavy atom. The van der Waals surface area contributed by atoms with Crippen molar-refractivity contribution >= 4 is 44.2 Å². The Bertz CT molecular complexity index is 1110. The van der Waals surface area contributed by atoms with Crippen molar-refractivity contribution in [2.24, 2.45) is 0 Å². The summed E-state index contributed by atoms with van der Waals surface area (Å²) >= 11 is 4.75. The van der Waals surface area contributed by atoms with Gasteiger partial charge in [0, 0.05) is 27.7 Å². The predicted molar refractivity (Wildman–Crippen MR) is 99.9 cm³/mol. The molecule has 0 spiro atoms. The molecule has 0 radical (unpaired) electrons. The fourth-order valence-corrected chi connectivity index (χ4v) is 4.44. The van der Waals surface area contributed by atoms with Gasteiger partial charge >= 0.3 is 6.03 Å². The zero-order valence-corrected chi connectivity index (χ0v) is 16.0. The van der Waals surface area contributed by atoms with Gasteiger partial charge in [-0.2, -0.15) is 0 Å². The van der Waals surface area contributed by atoms with Crippen LogP contribution in [-0.2, 0) is 16.9 Å². The molecule has 1 saturated heterocycles. The lowest BCUT2D eigenvalue weighted by molar-refractivity contribution is -0.131. The van der Waals surface area contributed by atoms with Crippen LogP contribution in [-0.4, -0.2) is 26.2 Å². The third kappa shape index (κ3) is 2.55. The highest BCUT2D eigenvalue weighted by Gasteiger charge is 2.49. The maximum absolute atomic E-state index is 13.0. The van der Waals surface area contributed by atoms with E-state index in [4.69, 9.17) is 0 Å². The SMILES string of the molecule is CC1(c2ccccc2Br)NC(=O)N(Cc2cc(=O)n3ccsc3n2)C1=O. The lowest BCUT2D eigenvalue weighted by atomic mass is 9.92. The zero-order chi connectivity index (χ0) is 18.5. The number of fused-ring (bicyclic) bond motifs is 1. The molecule has 1 aliphatic rings. The number of hydrogen-bond acceptors (Lipinski definition) is 5. The Labute approximate surface area is 160 Å². The molecule has 1 unspecified atom stereocenters. The van der Waals surface area contributed by atoms with Crippen LogP contribution < -0.4 is 10.9 Å². The molecular formula is C17H13BrN4O3S. The van der Waals surface area contributed by atoms with Crippen molar-refractivity contribution < 1.29 is 9.59 Å². The standard InChI is InChI=1S/C17H13BrN4O3S/c1-17(11-4-2-3-5-12(11)18)14(24)22(15(25)20-17)9-10-8-13(23)21-6-7-26-16(21)19-10/h2-8H,9H2,1H3,(H,20,25). The van der Waals surface area contributed by atoms with Gasteiger partial charge in [-0.15, -0.1) is 11.3 Å². The van der Waals surface area contributed by atoms with Gasteiger partial charge in [-0.05, 0) is 13.0 Å². The highest BCUT2D eigenvalue weighted by atomic mass is 79.9. The molecule has 9 heteroatoms. The van der Waals surface area contributed by atoms with Crippen molar-refractivity contribution in [2.75, 3.05) is 0 Å². The molecule has 1 aromatic carbocycles. The van der Waals surface area contributed by atoms with E-state index in [1.54, 1.807) is 30.6 Å². The fraction of sp³-hybridized carbons (Fsp3) is 0.176. The Kier molecular flexibility index (Phi) is 3.92. The summed E-state index contributed by atoms with van der Waals surface area (Å²) in [6.07, 6.45) is 1.64. The second-order valence-electron chi connectivity index (χ2n) is 6.07. The van der Waals surface area contributed by atoms with E-state index in [0.29, 0.717) is 16.2 Å². The molecule has 4 rings (SSSR count). The fourth-order valence-electron chi connectivity index (χ4n) is 3.02. The lowest BCUT2D eigenvalue weighted by Crippen LogP contribution is -2.41. The summed E-state index contributed by atoms with van der Waals surface area (Å²) in [4.78, 5) is 43.5. The summed E-state index contributed by atoms with van der Waals surface area (Å²) in [5, 5.41) is 4.51. The quantitative estimate of drug-likeness (QED) is 0.644. The molecule has 0 aliphatic carbocycles. The number of aromatic nitrogens is 2. The van der Waals surface area contributed by atoms with E-state index in [-0.39, 0.29) is 18.0 Å². The van der Waals surface area contributed by atoms with Crippen LogP contribution in [0.1, 0.15) is 18.2 Å². The van der Waals surface area contributed by atoms with Gasteiger partial charge < -0.3 is 5.32 Å². The van der Waals surface area contributed by atoms with Crippen LogP contribution in [0, 0.1) is 0 Å². The van der Waals surface area contributed by atoms with Gasteiger partial charge in [-0.25, -0.2) is 9.78 Å². The lowest BCUT2D eigenvalue weighted by Gasteiger charge is -2.23. The average Bonchev–Trinajstić information content (AvgIpc) is 3.15. The molecule has 1 atom stereocenters. The van der Waals surface area contributed by atoms with E-state index >= 15 is 0 Å². The normalized spacial score (nSPS) is 20.0. The molecule has 132 valence electrons. The van der Waals surface area contributed by atoms with Crippen molar-refractivity contribution in [3.63, 3.8) is 0 Å². The number of rotatable bonds is 3. The second-order valence-corrected chi connectivity index (χ2v) is 7.79. The van der Waals surface area contributed by atoms with Gasteiger partial charge in [0.05, 0.1) is 12.2 Å². The summed E-state index contributed by atoms with van der Waals surface area (Å²) in [7, 11) is 0. The maximum atomic E-state index is 13.0. The molecule has 1 fully saturated rings. The van der Waals surface area contributed by atoms with Crippen molar-refractivity contribution in [3.05, 3.63) is 68.0 Å².